The summed E-state index contributed by atoms with van der Waals surface area (Å²) >= 11 is 0. The van der Waals surface area contributed by atoms with E-state index in [0.717, 1.165) is 77.4 Å². The first kappa shape index (κ1) is 42.5. The SMILES string of the molecule is COC(=O)N[C@H](C(=O)N1CCCC1c1nc2ccc([C@@H]3CC[C@@H](c4ccc5nc([C@@H]6CCCN6C(=O)[C@@H](NC(=O)OC)C(C)C)[nH]c5c4)N3c3ccc(F)cc3)cc2[nH]1)C(C)C. The molecule has 3 aromatic carbocycles. The number of amides is 4. The molecule has 0 aliphatic carbocycles. The lowest BCUT2D eigenvalue weighted by Crippen LogP contribution is -2.51. The van der Waals surface area contributed by atoms with Gasteiger partial charge in [-0.05, 0) is 110 Å². The van der Waals surface area contributed by atoms with Crippen LogP contribution in [0.25, 0.3) is 22.1 Å². The molecule has 4 N–H and O–H groups in total. The Morgan fingerprint density at radius 3 is 1.48 bits per heavy atom. The van der Waals surface area contributed by atoms with Gasteiger partial charge in [-0.25, -0.2) is 23.9 Å². The quantitative estimate of drug-likeness (QED) is 0.104. The molecule has 3 fully saturated rings. The lowest BCUT2D eigenvalue weighted by atomic mass is 10.0. The molecular weight excluding hydrogens is 794 g/mol. The Hall–Kier alpha value is -6.19. The van der Waals surface area contributed by atoms with Crippen LogP contribution in [0.3, 0.4) is 0 Å². The summed E-state index contributed by atoms with van der Waals surface area (Å²) in [5.41, 5.74) is 6.37. The van der Waals surface area contributed by atoms with Gasteiger partial charge < -0.3 is 44.8 Å². The number of alkyl carbamates (subject to hydrolysis) is 2. The van der Waals surface area contributed by atoms with Crippen LogP contribution in [0.1, 0.15) is 113 Å². The van der Waals surface area contributed by atoms with Gasteiger partial charge in [-0.15, -0.1) is 0 Å². The van der Waals surface area contributed by atoms with Crippen molar-refractivity contribution >= 4 is 51.8 Å². The molecule has 0 spiro atoms. The first-order chi connectivity index (χ1) is 29.8. The molecule has 5 heterocycles. The highest BCUT2D eigenvalue weighted by Crippen LogP contribution is 2.48. The van der Waals surface area contributed by atoms with Gasteiger partial charge in [-0.2, -0.15) is 0 Å². The fraction of sp³-hybridized carbons (Fsp3) is 0.478. The molecule has 1 unspecified atom stereocenters. The van der Waals surface area contributed by atoms with Crippen LogP contribution in [0.5, 0.6) is 0 Å². The van der Waals surface area contributed by atoms with E-state index in [1.165, 1.54) is 26.4 Å². The Morgan fingerprint density at radius 1 is 0.645 bits per heavy atom. The van der Waals surface area contributed by atoms with Crippen molar-refractivity contribution in [3.63, 3.8) is 0 Å². The molecule has 0 radical (unpaired) electrons. The van der Waals surface area contributed by atoms with Gasteiger partial charge in [0.05, 0.1) is 60.5 Å². The Balaban J connectivity index is 1.06. The minimum Gasteiger partial charge on any atom is -0.453 e. The molecule has 15 nitrogen and oxygen atoms in total. The van der Waals surface area contributed by atoms with Crippen LogP contribution >= 0.6 is 0 Å². The summed E-state index contributed by atoms with van der Waals surface area (Å²) in [4.78, 5) is 74.8. The lowest BCUT2D eigenvalue weighted by molar-refractivity contribution is -0.136. The molecule has 0 bridgehead atoms. The van der Waals surface area contributed by atoms with Crippen LogP contribution in [0.2, 0.25) is 0 Å². The molecule has 3 saturated heterocycles. The van der Waals surface area contributed by atoms with Crippen molar-refractivity contribution in [3.05, 3.63) is 89.3 Å². The van der Waals surface area contributed by atoms with Crippen LogP contribution in [0.4, 0.5) is 19.7 Å². The maximum atomic E-state index is 14.4. The number of ether oxygens (including phenoxy) is 2. The smallest absolute Gasteiger partial charge is 0.407 e. The van der Waals surface area contributed by atoms with Crippen molar-refractivity contribution in [2.24, 2.45) is 11.8 Å². The van der Waals surface area contributed by atoms with Crippen molar-refractivity contribution in [2.75, 3.05) is 32.2 Å². The number of nitrogens with one attached hydrogen (secondary N) is 4. The monoisotopic (exact) mass is 849 g/mol. The van der Waals surface area contributed by atoms with Gasteiger partial charge in [-0.1, -0.05) is 39.8 Å². The number of imidazole rings is 2. The summed E-state index contributed by atoms with van der Waals surface area (Å²) in [6, 6.07) is 17.1. The largest absolute Gasteiger partial charge is 0.453 e. The van der Waals surface area contributed by atoms with E-state index in [1.807, 2.05) is 61.8 Å². The third-order valence-corrected chi connectivity index (χ3v) is 12.8. The third-order valence-electron chi connectivity index (χ3n) is 12.8. The van der Waals surface area contributed by atoms with Gasteiger partial charge in [0.15, 0.2) is 0 Å². The van der Waals surface area contributed by atoms with Gasteiger partial charge in [0, 0.05) is 18.8 Å². The summed E-state index contributed by atoms with van der Waals surface area (Å²) in [7, 11) is 2.57. The fourth-order valence-electron chi connectivity index (χ4n) is 9.65. The molecule has 6 atom stereocenters. The van der Waals surface area contributed by atoms with Gasteiger partial charge in [0.25, 0.3) is 0 Å². The number of hydrogen-bond donors (Lipinski definition) is 4. The summed E-state index contributed by atoms with van der Waals surface area (Å²) in [5.74, 6) is 0.509. The summed E-state index contributed by atoms with van der Waals surface area (Å²) in [5, 5.41) is 5.43. The number of carbonyl (C=O) groups is 4. The molecule has 328 valence electrons. The molecule has 2 aromatic heterocycles. The fourth-order valence-corrected chi connectivity index (χ4v) is 9.65. The molecule has 62 heavy (non-hydrogen) atoms. The summed E-state index contributed by atoms with van der Waals surface area (Å²) < 4.78 is 24.0. The number of H-pyrrole nitrogens is 2. The van der Waals surface area contributed by atoms with E-state index in [1.54, 1.807) is 0 Å². The molecule has 8 rings (SSSR count). The number of aromatic nitrogens is 4. The predicted molar refractivity (Wildman–Crippen MR) is 231 cm³/mol. The number of rotatable bonds is 11. The van der Waals surface area contributed by atoms with Gasteiger partial charge >= 0.3 is 12.2 Å². The topological polar surface area (TPSA) is 178 Å². The molecule has 4 amide bonds. The number of fused-ring (bicyclic) bond motifs is 2. The number of halogens is 1. The highest BCUT2D eigenvalue weighted by Gasteiger charge is 2.40. The molecule has 5 aromatic rings. The van der Waals surface area contributed by atoms with E-state index in [-0.39, 0.29) is 53.6 Å². The predicted octanol–water partition coefficient (Wildman–Crippen LogP) is 7.75. The number of hydrogen-bond acceptors (Lipinski definition) is 9. The number of likely N-dealkylation sites (tertiary alicyclic amines) is 2. The number of anilines is 1. The summed E-state index contributed by atoms with van der Waals surface area (Å²) in [6.07, 6.45) is 3.52. The van der Waals surface area contributed by atoms with Gasteiger partial charge in [0.1, 0.15) is 29.5 Å². The average molecular weight is 850 g/mol. The van der Waals surface area contributed by atoms with E-state index < -0.39 is 24.3 Å². The number of nitrogens with zero attached hydrogens (tertiary/aromatic N) is 5. The minimum atomic E-state index is -0.725. The second kappa shape index (κ2) is 17.7. The van der Waals surface area contributed by atoms with Crippen LogP contribution in [-0.2, 0) is 19.1 Å². The Labute approximate surface area is 360 Å². The van der Waals surface area contributed by atoms with E-state index in [2.05, 4.69) is 49.8 Å². The molecule has 0 saturated carbocycles. The molecule has 16 heteroatoms. The van der Waals surface area contributed by atoms with E-state index in [0.29, 0.717) is 24.7 Å². The minimum absolute atomic E-state index is 0.0408. The van der Waals surface area contributed by atoms with Crippen molar-refractivity contribution in [1.29, 1.82) is 0 Å². The number of benzene rings is 3. The Kier molecular flexibility index (Phi) is 12.1. The first-order valence-electron chi connectivity index (χ1n) is 21.7. The third kappa shape index (κ3) is 8.26. The molecule has 3 aliphatic rings. The first-order valence-corrected chi connectivity index (χ1v) is 21.7. The van der Waals surface area contributed by atoms with Crippen LogP contribution in [0, 0.1) is 17.7 Å². The lowest BCUT2D eigenvalue weighted by Gasteiger charge is -2.33. The van der Waals surface area contributed by atoms with E-state index in [4.69, 9.17) is 19.4 Å². The maximum absolute atomic E-state index is 14.4. The Morgan fingerprint density at radius 2 is 1.08 bits per heavy atom. The molecular formula is C46H56FN9O6. The van der Waals surface area contributed by atoms with Crippen molar-refractivity contribution in [1.82, 2.24) is 40.4 Å². The molecule has 3 aliphatic heterocycles. The second-order valence-corrected chi connectivity index (χ2v) is 17.4. The van der Waals surface area contributed by atoms with Crippen LogP contribution in [-0.4, -0.2) is 93.1 Å². The van der Waals surface area contributed by atoms with Crippen LogP contribution < -0.4 is 15.5 Å². The number of carbonyl (C=O) groups excluding carboxylic acids is 4. The normalized spacial score (nSPS) is 21.3. The van der Waals surface area contributed by atoms with Crippen molar-refractivity contribution in [2.45, 2.75) is 102 Å². The number of methoxy groups -OCH3 is 2. The average Bonchev–Trinajstić information content (AvgIpc) is 4.12. The summed E-state index contributed by atoms with van der Waals surface area (Å²) in [6.45, 7) is 8.71. The standard InChI is InChI=1S/C46H56FN9O6/c1-25(2)39(52-45(59)61-5)43(57)54-21-7-9-37(54)41-48-31-17-11-27(23-33(31)50-41)35-19-20-36(56(35)30-15-13-29(47)14-16-30)28-12-18-32-34(24-28)51-42(49-32)38-10-8-22-55(38)44(58)40(26(3)4)53-46(60)62-6/h11-18,23-26,35-40H,7-10,19-22H2,1-6H3,(H,48,50)(H,49,51)(H,52,59)(H,53,60)/t35-,36-,37-,38?,39-,40-/m0/s1. The van der Waals surface area contributed by atoms with E-state index >= 15 is 0 Å². The zero-order valence-corrected chi connectivity index (χ0v) is 36.1. The van der Waals surface area contributed by atoms with Gasteiger partial charge in [0.2, 0.25) is 11.8 Å². The van der Waals surface area contributed by atoms with E-state index in [9.17, 15) is 23.6 Å². The second-order valence-electron chi connectivity index (χ2n) is 17.4. The highest BCUT2D eigenvalue weighted by atomic mass is 19.1. The zero-order chi connectivity index (χ0) is 43.8. The number of aromatic amines is 2. The van der Waals surface area contributed by atoms with Crippen molar-refractivity contribution < 1.29 is 33.0 Å². The van der Waals surface area contributed by atoms with Crippen LogP contribution in [0.15, 0.2) is 60.7 Å². The van der Waals surface area contributed by atoms with Gasteiger partial charge in [-0.3, -0.25) is 9.59 Å². The zero-order valence-electron chi connectivity index (χ0n) is 36.1. The highest BCUT2D eigenvalue weighted by molar-refractivity contribution is 5.87. The maximum Gasteiger partial charge on any atom is 0.407 e. The van der Waals surface area contributed by atoms with Crippen molar-refractivity contribution in [3.8, 4) is 0 Å². The Bertz CT molecular complexity index is 2300.